The van der Waals surface area contributed by atoms with Gasteiger partial charge in [-0.3, -0.25) is 9.59 Å². The number of nitrogens with zero attached hydrogens (tertiary/aromatic N) is 1. The van der Waals surface area contributed by atoms with Crippen LogP contribution in [-0.4, -0.2) is 58.1 Å². The van der Waals surface area contributed by atoms with Crippen LogP contribution in [0.4, 0.5) is 0 Å². The highest BCUT2D eigenvalue weighted by molar-refractivity contribution is 6.00. The van der Waals surface area contributed by atoms with Crippen molar-refractivity contribution in [3.63, 3.8) is 0 Å². The van der Waals surface area contributed by atoms with Crippen LogP contribution >= 0.6 is 0 Å². The summed E-state index contributed by atoms with van der Waals surface area (Å²) in [6.07, 6.45) is 1.73. The fourth-order valence-electron chi connectivity index (χ4n) is 4.01. The molecule has 1 saturated heterocycles. The molecule has 1 amide bonds. The molecule has 0 aliphatic carbocycles. The van der Waals surface area contributed by atoms with E-state index < -0.39 is 0 Å². The van der Waals surface area contributed by atoms with E-state index >= 15 is 0 Å². The van der Waals surface area contributed by atoms with Crippen LogP contribution in [0.15, 0.2) is 36.4 Å². The molecule has 0 N–H and O–H groups in total. The number of methoxy groups -OCH3 is 4. The van der Waals surface area contributed by atoms with Crippen LogP contribution in [0.3, 0.4) is 0 Å². The smallest absolute Gasteiger partial charge is 0.227 e. The van der Waals surface area contributed by atoms with Crippen molar-refractivity contribution in [3.05, 3.63) is 47.5 Å². The number of hydrogen-bond donors (Lipinski definition) is 0. The summed E-state index contributed by atoms with van der Waals surface area (Å²) in [6, 6.07) is 10.8. The first-order valence-corrected chi connectivity index (χ1v) is 10.3. The molecule has 2 aromatic rings. The predicted octanol–water partition coefficient (Wildman–Crippen LogP) is 3.39. The van der Waals surface area contributed by atoms with Gasteiger partial charge in [0, 0.05) is 19.0 Å². The minimum Gasteiger partial charge on any atom is -0.496 e. The van der Waals surface area contributed by atoms with Gasteiger partial charge in [0.1, 0.15) is 5.75 Å². The first kappa shape index (κ1) is 22.5. The van der Waals surface area contributed by atoms with Crippen molar-refractivity contribution in [1.82, 2.24) is 4.90 Å². The number of likely N-dealkylation sites (tertiary alicyclic amines) is 1. The summed E-state index contributed by atoms with van der Waals surface area (Å²) < 4.78 is 21.4. The molecule has 0 bridgehead atoms. The Bertz CT molecular complexity index is 916. The van der Waals surface area contributed by atoms with Gasteiger partial charge in [-0.1, -0.05) is 12.1 Å². The van der Waals surface area contributed by atoms with Gasteiger partial charge in [-0.25, -0.2) is 0 Å². The minimum absolute atomic E-state index is 0.0164. The summed E-state index contributed by atoms with van der Waals surface area (Å²) in [5.74, 6) is 1.80. The van der Waals surface area contributed by atoms with E-state index in [1.807, 2.05) is 12.1 Å². The number of hydrogen-bond acceptors (Lipinski definition) is 6. The van der Waals surface area contributed by atoms with Crippen LogP contribution < -0.4 is 18.9 Å². The lowest BCUT2D eigenvalue weighted by Gasteiger charge is -2.32. The van der Waals surface area contributed by atoms with Gasteiger partial charge in [0.15, 0.2) is 17.3 Å². The Balaban J connectivity index is 1.73. The third-order valence-corrected chi connectivity index (χ3v) is 5.60. The molecule has 7 nitrogen and oxygen atoms in total. The molecule has 1 atom stereocenters. The van der Waals surface area contributed by atoms with E-state index in [2.05, 4.69) is 0 Å². The first-order valence-electron chi connectivity index (χ1n) is 10.3. The van der Waals surface area contributed by atoms with Crippen molar-refractivity contribution in [1.29, 1.82) is 0 Å². The van der Waals surface area contributed by atoms with Crippen LogP contribution in [0.1, 0.15) is 28.8 Å². The molecule has 1 aliphatic rings. The second kappa shape index (κ2) is 10.2. The van der Waals surface area contributed by atoms with Crippen LogP contribution in [0, 0.1) is 5.92 Å². The number of carbonyl (C=O) groups excluding carboxylic acids is 2. The Morgan fingerprint density at radius 1 is 0.935 bits per heavy atom. The zero-order chi connectivity index (χ0) is 22.4. The van der Waals surface area contributed by atoms with Crippen molar-refractivity contribution >= 4 is 11.7 Å². The van der Waals surface area contributed by atoms with Crippen LogP contribution in [-0.2, 0) is 11.2 Å². The maximum absolute atomic E-state index is 13.1. The van der Waals surface area contributed by atoms with Gasteiger partial charge in [0.25, 0.3) is 0 Å². The Morgan fingerprint density at radius 2 is 1.58 bits per heavy atom. The monoisotopic (exact) mass is 427 g/mol. The summed E-state index contributed by atoms with van der Waals surface area (Å²) in [6.45, 7) is 1.04. The standard InChI is InChI=1S/C24H29NO6/c1-28-19-10-6-5-9-18(19)23(27)17-8-7-11-25(15-17)22(26)14-16-12-20(29-2)24(31-4)21(13-16)30-3/h5-6,9-10,12-13,17H,7-8,11,14-15H2,1-4H3. The van der Waals surface area contributed by atoms with Crippen LogP contribution in [0.25, 0.3) is 0 Å². The van der Waals surface area contributed by atoms with E-state index in [1.54, 1.807) is 50.5 Å². The van der Waals surface area contributed by atoms with Gasteiger partial charge in [-0.05, 0) is 42.7 Å². The normalized spacial score (nSPS) is 15.9. The highest BCUT2D eigenvalue weighted by Crippen LogP contribution is 2.38. The SMILES string of the molecule is COc1ccccc1C(=O)C1CCCN(C(=O)Cc2cc(OC)c(OC)c(OC)c2)C1. The van der Waals surface area contributed by atoms with Crippen LogP contribution in [0.2, 0.25) is 0 Å². The summed E-state index contributed by atoms with van der Waals surface area (Å²) in [4.78, 5) is 27.9. The maximum atomic E-state index is 13.1. The van der Waals surface area contributed by atoms with Gasteiger partial charge < -0.3 is 23.8 Å². The van der Waals surface area contributed by atoms with E-state index in [4.69, 9.17) is 18.9 Å². The van der Waals surface area contributed by atoms with Crippen molar-refractivity contribution in [3.8, 4) is 23.0 Å². The first-order chi connectivity index (χ1) is 15.0. The third-order valence-electron chi connectivity index (χ3n) is 5.60. The molecular formula is C24H29NO6. The average Bonchev–Trinajstić information content (AvgIpc) is 2.82. The van der Waals surface area contributed by atoms with E-state index in [-0.39, 0.29) is 24.0 Å². The van der Waals surface area contributed by atoms with Crippen LogP contribution in [0.5, 0.6) is 23.0 Å². The third kappa shape index (κ3) is 4.93. The lowest BCUT2D eigenvalue weighted by atomic mass is 9.89. The molecule has 166 valence electrons. The van der Waals surface area contributed by atoms with Gasteiger partial charge in [0.2, 0.25) is 11.7 Å². The van der Waals surface area contributed by atoms with Gasteiger partial charge in [0.05, 0.1) is 40.4 Å². The number of para-hydroxylation sites is 1. The van der Waals surface area contributed by atoms with E-state index in [0.717, 1.165) is 18.4 Å². The molecular weight excluding hydrogens is 398 g/mol. The molecule has 1 fully saturated rings. The molecule has 0 saturated carbocycles. The summed E-state index contributed by atoms with van der Waals surface area (Å²) in [5.41, 5.74) is 1.33. The fourth-order valence-corrected chi connectivity index (χ4v) is 4.01. The molecule has 1 unspecified atom stereocenters. The van der Waals surface area contributed by atoms with Gasteiger partial charge >= 0.3 is 0 Å². The second-order valence-electron chi connectivity index (χ2n) is 7.45. The van der Waals surface area contributed by atoms with Crippen molar-refractivity contribution < 1.29 is 28.5 Å². The molecule has 0 aromatic heterocycles. The second-order valence-corrected chi connectivity index (χ2v) is 7.45. The van der Waals surface area contributed by atoms with E-state index in [0.29, 0.717) is 41.7 Å². The predicted molar refractivity (Wildman–Crippen MR) is 116 cm³/mol. The fraction of sp³-hybridized carbons (Fsp3) is 0.417. The summed E-state index contributed by atoms with van der Waals surface area (Å²) >= 11 is 0. The largest absolute Gasteiger partial charge is 0.496 e. The van der Waals surface area contributed by atoms with Gasteiger partial charge in [-0.2, -0.15) is 0 Å². The number of rotatable bonds is 8. The Hall–Kier alpha value is -3.22. The molecule has 31 heavy (non-hydrogen) atoms. The topological polar surface area (TPSA) is 74.3 Å². The molecule has 0 spiro atoms. The quantitative estimate of drug-likeness (QED) is 0.602. The molecule has 1 heterocycles. The lowest BCUT2D eigenvalue weighted by Crippen LogP contribution is -2.43. The number of piperidine rings is 1. The highest BCUT2D eigenvalue weighted by Gasteiger charge is 2.30. The Labute approximate surface area is 182 Å². The Morgan fingerprint density at radius 3 is 2.19 bits per heavy atom. The number of ketones is 1. The summed E-state index contributed by atoms with van der Waals surface area (Å²) in [5, 5.41) is 0. The Kier molecular flexibility index (Phi) is 7.39. The van der Waals surface area contributed by atoms with E-state index in [9.17, 15) is 9.59 Å². The zero-order valence-electron chi connectivity index (χ0n) is 18.5. The maximum Gasteiger partial charge on any atom is 0.227 e. The molecule has 3 rings (SSSR count). The van der Waals surface area contributed by atoms with Crippen molar-refractivity contribution in [2.24, 2.45) is 5.92 Å². The lowest BCUT2D eigenvalue weighted by molar-refractivity contribution is -0.131. The summed E-state index contributed by atoms with van der Waals surface area (Å²) in [7, 11) is 6.18. The number of amides is 1. The van der Waals surface area contributed by atoms with Crippen molar-refractivity contribution in [2.75, 3.05) is 41.5 Å². The molecule has 2 aromatic carbocycles. The number of Topliss-reactive ketones (excluding diaryl/α,β-unsaturated/α-hetero) is 1. The zero-order valence-corrected chi connectivity index (χ0v) is 18.5. The highest BCUT2D eigenvalue weighted by atomic mass is 16.5. The van der Waals surface area contributed by atoms with E-state index in [1.165, 1.54) is 7.11 Å². The molecule has 7 heteroatoms. The number of carbonyl (C=O) groups is 2. The number of benzene rings is 2. The van der Waals surface area contributed by atoms with Gasteiger partial charge in [-0.15, -0.1) is 0 Å². The number of ether oxygens (including phenoxy) is 4. The molecule has 0 radical (unpaired) electrons. The molecule has 1 aliphatic heterocycles. The minimum atomic E-state index is -0.242. The average molecular weight is 427 g/mol. The van der Waals surface area contributed by atoms with Crippen molar-refractivity contribution in [2.45, 2.75) is 19.3 Å².